The first kappa shape index (κ1) is 14.0. The first-order chi connectivity index (χ1) is 8.19. The second kappa shape index (κ2) is 7.28. The van der Waals surface area contributed by atoms with Gasteiger partial charge in [-0.2, -0.15) is 0 Å². The summed E-state index contributed by atoms with van der Waals surface area (Å²) >= 11 is 0. The van der Waals surface area contributed by atoms with Crippen LogP contribution in [-0.2, 0) is 6.54 Å². The first-order valence-electron chi connectivity index (χ1n) is 6.60. The van der Waals surface area contributed by atoms with Crippen molar-refractivity contribution in [3.05, 3.63) is 24.0 Å². The maximum absolute atomic E-state index is 4.25. The molecule has 1 rings (SSSR count). The minimum Gasteiger partial charge on any atom is -0.370 e. The van der Waals surface area contributed by atoms with Crippen molar-refractivity contribution in [2.75, 3.05) is 18.0 Å². The van der Waals surface area contributed by atoms with E-state index in [9.17, 15) is 0 Å². The zero-order valence-corrected chi connectivity index (χ0v) is 11.5. The Hall–Kier alpha value is -1.09. The van der Waals surface area contributed by atoms with Crippen LogP contribution in [-0.4, -0.2) is 24.1 Å². The molecule has 0 fully saturated rings. The van der Waals surface area contributed by atoms with Crippen molar-refractivity contribution in [2.24, 2.45) is 0 Å². The normalized spacial score (nSPS) is 10.9. The highest BCUT2D eigenvalue weighted by atomic mass is 15.1. The number of pyridine rings is 1. The second-order valence-corrected chi connectivity index (χ2v) is 4.62. The number of rotatable bonds is 7. The Labute approximate surface area is 105 Å². The van der Waals surface area contributed by atoms with E-state index in [-0.39, 0.29) is 0 Å². The van der Waals surface area contributed by atoms with Gasteiger partial charge in [-0.1, -0.05) is 20.8 Å². The Morgan fingerprint density at radius 1 is 1.35 bits per heavy atom. The average Bonchev–Trinajstić information content (AvgIpc) is 2.34. The minimum absolute atomic E-state index is 0.511. The molecular formula is C14H25N3. The maximum atomic E-state index is 4.25. The van der Waals surface area contributed by atoms with Gasteiger partial charge in [-0.15, -0.1) is 0 Å². The molecule has 0 radical (unpaired) electrons. The van der Waals surface area contributed by atoms with Crippen LogP contribution in [0.15, 0.2) is 18.5 Å². The lowest BCUT2D eigenvalue weighted by molar-refractivity contribution is 0.587. The molecule has 0 aliphatic carbocycles. The lowest BCUT2D eigenvalue weighted by Crippen LogP contribution is -2.27. The molecule has 17 heavy (non-hydrogen) atoms. The fraction of sp³-hybridized carbons (Fsp3) is 0.643. The van der Waals surface area contributed by atoms with Gasteiger partial charge in [0.05, 0.1) is 11.9 Å². The van der Waals surface area contributed by atoms with Crippen molar-refractivity contribution >= 4 is 5.69 Å². The van der Waals surface area contributed by atoms with Crippen molar-refractivity contribution in [3.8, 4) is 0 Å². The van der Waals surface area contributed by atoms with Crippen LogP contribution >= 0.6 is 0 Å². The summed E-state index contributed by atoms with van der Waals surface area (Å²) in [4.78, 5) is 6.65. The van der Waals surface area contributed by atoms with Gasteiger partial charge >= 0.3 is 0 Å². The summed E-state index contributed by atoms with van der Waals surface area (Å²) in [5.41, 5.74) is 2.61. The zero-order valence-electron chi connectivity index (χ0n) is 11.5. The summed E-state index contributed by atoms with van der Waals surface area (Å²) in [5, 5.41) is 3.47. The van der Waals surface area contributed by atoms with Crippen LogP contribution < -0.4 is 10.2 Å². The van der Waals surface area contributed by atoms with Crippen molar-refractivity contribution < 1.29 is 0 Å². The van der Waals surface area contributed by atoms with Gasteiger partial charge in [0.2, 0.25) is 0 Å². The van der Waals surface area contributed by atoms with Crippen LogP contribution in [0.2, 0.25) is 0 Å². The molecule has 0 aliphatic heterocycles. The number of hydrogen-bond acceptors (Lipinski definition) is 3. The van der Waals surface area contributed by atoms with Crippen molar-refractivity contribution in [3.63, 3.8) is 0 Å². The Morgan fingerprint density at radius 2 is 2.12 bits per heavy atom. The second-order valence-electron chi connectivity index (χ2n) is 4.62. The summed E-state index contributed by atoms with van der Waals surface area (Å²) in [6.07, 6.45) is 5.02. The molecule has 0 unspecified atom stereocenters. The van der Waals surface area contributed by atoms with E-state index < -0.39 is 0 Å². The van der Waals surface area contributed by atoms with Gasteiger partial charge < -0.3 is 10.2 Å². The number of aromatic nitrogens is 1. The smallest absolute Gasteiger partial charge is 0.0598 e. The molecule has 0 atom stereocenters. The third-order valence-corrected chi connectivity index (χ3v) is 2.80. The van der Waals surface area contributed by atoms with E-state index in [4.69, 9.17) is 0 Å². The minimum atomic E-state index is 0.511. The van der Waals surface area contributed by atoms with E-state index in [0.717, 1.165) is 19.6 Å². The molecule has 3 nitrogen and oxygen atoms in total. The summed E-state index contributed by atoms with van der Waals surface area (Å²) in [7, 11) is 0. The third-order valence-electron chi connectivity index (χ3n) is 2.80. The van der Waals surface area contributed by atoms with E-state index >= 15 is 0 Å². The first-order valence-corrected chi connectivity index (χ1v) is 6.60. The predicted octanol–water partition coefficient (Wildman–Crippen LogP) is 2.82. The van der Waals surface area contributed by atoms with Crippen molar-refractivity contribution in [2.45, 2.75) is 46.7 Å². The van der Waals surface area contributed by atoms with E-state index in [0.29, 0.717) is 6.04 Å². The van der Waals surface area contributed by atoms with Crippen LogP contribution in [0, 0.1) is 0 Å². The maximum Gasteiger partial charge on any atom is 0.0598 e. The molecule has 0 saturated heterocycles. The molecule has 1 heterocycles. The van der Waals surface area contributed by atoms with Crippen LogP contribution in [0.1, 0.15) is 39.7 Å². The Bertz CT molecular complexity index is 323. The monoisotopic (exact) mass is 235 g/mol. The molecule has 0 saturated carbocycles. The molecule has 0 aliphatic rings. The van der Waals surface area contributed by atoms with Crippen LogP contribution in [0.5, 0.6) is 0 Å². The molecule has 1 aromatic heterocycles. The number of nitrogens with zero attached hydrogens (tertiary/aromatic N) is 2. The van der Waals surface area contributed by atoms with Gasteiger partial charge in [-0.25, -0.2) is 0 Å². The molecule has 0 bridgehead atoms. The van der Waals surface area contributed by atoms with Gasteiger partial charge in [0, 0.05) is 31.9 Å². The molecule has 3 heteroatoms. The van der Waals surface area contributed by atoms with E-state index in [1.54, 1.807) is 0 Å². The number of nitrogens with one attached hydrogen (secondary N) is 1. The lowest BCUT2D eigenvalue weighted by Gasteiger charge is -2.25. The largest absolute Gasteiger partial charge is 0.370 e. The topological polar surface area (TPSA) is 28.2 Å². The molecule has 0 aromatic carbocycles. The summed E-state index contributed by atoms with van der Waals surface area (Å²) in [6, 6.07) is 2.63. The quantitative estimate of drug-likeness (QED) is 0.787. The highest BCUT2D eigenvalue weighted by Crippen LogP contribution is 2.19. The van der Waals surface area contributed by atoms with Gasteiger partial charge in [0.15, 0.2) is 0 Å². The Kier molecular flexibility index (Phi) is 5.98. The molecule has 0 spiro atoms. The van der Waals surface area contributed by atoms with Gasteiger partial charge in [0.25, 0.3) is 0 Å². The van der Waals surface area contributed by atoms with Crippen LogP contribution in [0.25, 0.3) is 0 Å². The van der Waals surface area contributed by atoms with E-state index in [1.807, 2.05) is 12.4 Å². The van der Waals surface area contributed by atoms with Crippen LogP contribution in [0.4, 0.5) is 5.69 Å². The van der Waals surface area contributed by atoms with Crippen molar-refractivity contribution in [1.29, 1.82) is 0 Å². The van der Waals surface area contributed by atoms with E-state index in [2.05, 4.69) is 49.0 Å². The highest BCUT2D eigenvalue weighted by Gasteiger charge is 2.09. The van der Waals surface area contributed by atoms with E-state index in [1.165, 1.54) is 17.7 Å². The van der Waals surface area contributed by atoms with Crippen LogP contribution in [0.3, 0.4) is 0 Å². The molecule has 0 amide bonds. The Balaban J connectivity index is 2.81. The summed E-state index contributed by atoms with van der Waals surface area (Å²) in [5.74, 6) is 0. The number of hydrogen-bond donors (Lipinski definition) is 1. The standard InChI is InChI=1S/C14H25N3/c1-5-9-17(6-2)14-11-15-8-7-13(14)10-16-12(3)4/h7-8,11-12,16H,5-6,9-10H2,1-4H3. The van der Waals surface area contributed by atoms with Gasteiger partial charge in [-0.3, -0.25) is 4.98 Å². The zero-order chi connectivity index (χ0) is 12.7. The molecule has 96 valence electrons. The lowest BCUT2D eigenvalue weighted by atomic mass is 10.2. The molecular weight excluding hydrogens is 210 g/mol. The summed E-state index contributed by atoms with van der Waals surface area (Å²) < 4.78 is 0. The fourth-order valence-electron chi connectivity index (χ4n) is 1.88. The molecule has 1 N–H and O–H groups in total. The van der Waals surface area contributed by atoms with Gasteiger partial charge in [-0.05, 0) is 25.0 Å². The summed E-state index contributed by atoms with van der Waals surface area (Å²) in [6.45, 7) is 11.8. The third kappa shape index (κ3) is 4.35. The SMILES string of the molecule is CCCN(CC)c1cnccc1CNC(C)C. The highest BCUT2D eigenvalue weighted by molar-refractivity contribution is 5.51. The fourth-order valence-corrected chi connectivity index (χ4v) is 1.88. The van der Waals surface area contributed by atoms with Gasteiger partial charge in [0.1, 0.15) is 0 Å². The average molecular weight is 235 g/mol. The number of anilines is 1. The molecule has 1 aromatic rings. The van der Waals surface area contributed by atoms with Crippen molar-refractivity contribution in [1.82, 2.24) is 10.3 Å². The Morgan fingerprint density at radius 3 is 2.71 bits per heavy atom. The predicted molar refractivity (Wildman–Crippen MR) is 74.4 cm³/mol.